The molecule has 1 aliphatic carbocycles. The van der Waals surface area contributed by atoms with E-state index < -0.39 is 0 Å². The van der Waals surface area contributed by atoms with Gasteiger partial charge in [0.2, 0.25) is 11.8 Å². The highest BCUT2D eigenvalue weighted by Crippen LogP contribution is 2.36. The normalized spacial score (nSPS) is 20.0. The predicted octanol–water partition coefficient (Wildman–Crippen LogP) is 1.55. The summed E-state index contributed by atoms with van der Waals surface area (Å²) in [7, 11) is 0. The summed E-state index contributed by atoms with van der Waals surface area (Å²) in [4.78, 5) is 43.2. The second-order valence-corrected chi connectivity index (χ2v) is 8.13. The Morgan fingerprint density at radius 1 is 1.22 bits per heavy atom. The Labute approximate surface area is 160 Å². The summed E-state index contributed by atoms with van der Waals surface area (Å²) in [5.41, 5.74) is 6.01. The Morgan fingerprint density at radius 2 is 2.00 bits per heavy atom. The Hall–Kier alpha value is -2.35. The first-order valence-corrected chi connectivity index (χ1v) is 10.2. The minimum atomic E-state index is -0.348. The van der Waals surface area contributed by atoms with Crippen molar-refractivity contribution in [2.24, 2.45) is 11.7 Å². The molecular weight excluding hydrogens is 364 g/mol. The predicted molar refractivity (Wildman–Crippen MR) is 103 cm³/mol. The number of primary amides is 1. The highest BCUT2D eigenvalue weighted by atomic mass is 32.2. The van der Waals surface area contributed by atoms with E-state index >= 15 is 0 Å². The molecule has 1 aromatic heterocycles. The fraction of sp³-hybridized carbons (Fsp3) is 0.474. The van der Waals surface area contributed by atoms with Gasteiger partial charge in [0.05, 0.1) is 22.6 Å². The maximum atomic E-state index is 12.9. The number of piperidine rings is 1. The number of likely N-dealkylation sites (tertiary alicyclic amines) is 1. The van der Waals surface area contributed by atoms with Crippen LogP contribution in [0.1, 0.15) is 31.7 Å². The van der Waals surface area contributed by atoms with E-state index in [0.717, 1.165) is 25.7 Å². The zero-order valence-electron chi connectivity index (χ0n) is 15.0. The second-order valence-electron chi connectivity index (χ2n) is 7.19. The number of nitrogens with two attached hydrogens (primary N) is 1. The molecule has 1 saturated carbocycles. The van der Waals surface area contributed by atoms with Crippen LogP contribution < -0.4 is 11.3 Å². The number of fused-ring (bicyclic) bond motifs is 1. The third kappa shape index (κ3) is 3.71. The number of thioether (sulfide) groups is 1. The molecule has 1 atom stereocenters. The maximum absolute atomic E-state index is 12.9. The van der Waals surface area contributed by atoms with E-state index in [1.807, 2.05) is 18.2 Å². The van der Waals surface area contributed by atoms with E-state index in [9.17, 15) is 14.4 Å². The van der Waals surface area contributed by atoms with Crippen molar-refractivity contribution in [1.29, 1.82) is 0 Å². The van der Waals surface area contributed by atoms with Gasteiger partial charge in [0, 0.05) is 19.1 Å². The molecule has 2 fully saturated rings. The van der Waals surface area contributed by atoms with Crippen LogP contribution in [0.2, 0.25) is 0 Å². The minimum Gasteiger partial charge on any atom is -0.369 e. The lowest BCUT2D eigenvalue weighted by atomic mass is 9.97. The molecule has 1 saturated heterocycles. The van der Waals surface area contributed by atoms with E-state index in [0.29, 0.717) is 29.1 Å². The fourth-order valence-electron chi connectivity index (χ4n) is 3.54. The molecular formula is C19H22N4O3S. The standard InChI is InChI=1S/C19H22N4O3S/c20-17(25)12-4-3-9-22(10-12)16(24)11-27-19-21-15-6-2-1-5-14(15)18(26)23(19)13-7-8-13/h1-2,5-6,12-13H,3-4,7-11H2,(H2,20,25). The van der Waals surface area contributed by atoms with Crippen LogP contribution in [-0.4, -0.2) is 45.1 Å². The first-order valence-electron chi connectivity index (χ1n) is 9.26. The van der Waals surface area contributed by atoms with Gasteiger partial charge in [-0.15, -0.1) is 0 Å². The number of aromatic nitrogens is 2. The molecule has 0 spiro atoms. The van der Waals surface area contributed by atoms with Gasteiger partial charge >= 0.3 is 0 Å². The molecule has 4 rings (SSSR count). The molecule has 2 heterocycles. The topological polar surface area (TPSA) is 98.3 Å². The van der Waals surface area contributed by atoms with Gasteiger partial charge in [-0.25, -0.2) is 4.98 Å². The molecule has 8 heteroatoms. The third-order valence-corrected chi connectivity index (χ3v) is 6.13. The Kier molecular flexibility index (Phi) is 4.90. The number of para-hydroxylation sites is 1. The average molecular weight is 386 g/mol. The number of benzene rings is 1. The van der Waals surface area contributed by atoms with E-state index in [4.69, 9.17) is 5.73 Å². The van der Waals surface area contributed by atoms with Gasteiger partial charge in [0.15, 0.2) is 5.16 Å². The summed E-state index contributed by atoms with van der Waals surface area (Å²) in [5, 5.41) is 1.21. The van der Waals surface area contributed by atoms with Crippen LogP contribution in [0.25, 0.3) is 10.9 Å². The smallest absolute Gasteiger partial charge is 0.262 e. The summed E-state index contributed by atoms with van der Waals surface area (Å²) in [6, 6.07) is 7.49. The van der Waals surface area contributed by atoms with Gasteiger partial charge in [-0.05, 0) is 37.8 Å². The van der Waals surface area contributed by atoms with Gasteiger partial charge in [-0.1, -0.05) is 23.9 Å². The van der Waals surface area contributed by atoms with Crippen molar-refractivity contribution in [3.05, 3.63) is 34.6 Å². The van der Waals surface area contributed by atoms with Gasteiger partial charge in [0.25, 0.3) is 5.56 Å². The average Bonchev–Trinajstić information content (AvgIpc) is 3.51. The van der Waals surface area contributed by atoms with E-state index in [1.165, 1.54) is 11.8 Å². The quantitative estimate of drug-likeness (QED) is 0.621. The lowest BCUT2D eigenvalue weighted by Gasteiger charge is -2.31. The molecule has 1 aromatic carbocycles. The maximum Gasteiger partial charge on any atom is 0.262 e. The van der Waals surface area contributed by atoms with Gasteiger partial charge in [-0.3, -0.25) is 19.0 Å². The zero-order valence-corrected chi connectivity index (χ0v) is 15.8. The van der Waals surface area contributed by atoms with Crippen LogP contribution in [0.15, 0.2) is 34.2 Å². The number of nitrogens with zero attached hydrogens (tertiary/aromatic N) is 3. The summed E-state index contributed by atoms with van der Waals surface area (Å²) in [5.74, 6) is -0.464. The summed E-state index contributed by atoms with van der Waals surface area (Å²) in [6.45, 7) is 1.03. The Morgan fingerprint density at radius 3 is 2.74 bits per heavy atom. The van der Waals surface area contributed by atoms with E-state index in [2.05, 4.69) is 4.98 Å². The van der Waals surface area contributed by atoms with E-state index in [1.54, 1.807) is 15.5 Å². The first-order chi connectivity index (χ1) is 13.0. The van der Waals surface area contributed by atoms with Crippen molar-refractivity contribution >= 4 is 34.5 Å². The van der Waals surface area contributed by atoms with Crippen molar-refractivity contribution in [3.8, 4) is 0 Å². The van der Waals surface area contributed by atoms with Gasteiger partial charge in [0.1, 0.15) is 0 Å². The molecule has 7 nitrogen and oxygen atoms in total. The molecule has 1 unspecified atom stereocenters. The molecule has 2 amide bonds. The lowest BCUT2D eigenvalue weighted by Crippen LogP contribution is -2.44. The number of hydrogen-bond acceptors (Lipinski definition) is 5. The monoisotopic (exact) mass is 386 g/mol. The van der Waals surface area contributed by atoms with Crippen LogP contribution >= 0.6 is 11.8 Å². The largest absolute Gasteiger partial charge is 0.369 e. The van der Waals surface area contributed by atoms with Crippen molar-refractivity contribution in [2.45, 2.75) is 36.9 Å². The van der Waals surface area contributed by atoms with Crippen LogP contribution in [0.5, 0.6) is 0 Å². The van der Waals surface area contributed by atoms with Crippen molar-refractivity contribution in [3.63, 3.8) is 0 Å². The number of hydrogen-bond donors (Lipinski definition) is 1. The third-order valence-electron chi connectivity index (χ3n) is 5.19. The lowest BCUT2D eigenvalue weighted by molar-refractivity contribution is -0.132. The molecule has 0 radical (unpaired) electrons. The number of rotatable bonds is 5. The molecule has 2 aromatic rings. The highest BCUT2D eigenvalue weighted by molar-refractivity contribution is 7.99. The molecule has 2 aliphatic rings. The second kappa shape index (κ2) is 7.34. The van der Waals surface area contributed by atoms with Crippen molar-refractivity contribution in [2.75, 3.05) is 18.8 Å². The first kappa shape index (κ1) is 18.0. The Balaban J connectivity index is 1.53. The number of carbonyl (C=O) groups is 2. The van der Waals surface area contributed by atoms with Gasteiger partial charge < -0.3 is 10.6 Å². The fourth-order valence-corrected chi connectivity index (χ4v) is 4.50. The molecule has 0 bridgehead atoms. The van der Waals surface area contributed by atoms with Crippen molar-refractivity contribution < 1.29 is 9.59 Å². The van der Waals surface area contributed by atoms with Crippen LogP contribution in [0.3, 0.4) is 0 Å². The molecule has 1 aliphatic heterocycles. The molecule has 142 valence electrons. The summed E-state index contributed by atoms with van der Waals surface area (Å²) >= 11 is 1.30. The number of carbonyl (C=O) groups excluding carboxylic acids is 2. The SMILES string of the molecule is NC(=O)C1CCCN(C(=O)CSc2nc3ccccc3c(=O)n2C2CC2)C1. The molecule has 2 N–H and O–H groups in total. The highest BCUT2D eigenvalue weighted by Gasteiger charge is 2.30. The Bertz CT molecular complexity index is 954. The summed E-state index contributed by atoms with van der Waals surface area (Å²) in [6.07, 6.45) is 3.45. The molecule has 27 heavy (non-hydrogen) atoms. The van der Waals surface area contributed by atoms with Crippen LogP contribution in [-0.2, 0) is 9.59 Å². The van der Waals surface area contributed by atoms with Crippen molar-refractivity contribution in [1.82, 2.24) is 14.5 Å². The summed E-state index contributed by atoms with van der Waals surface area (Å²) < 4.78 is 1.74. The van der Waals surface area contributed by atoms with Crippen LogP contribution in [0, 0.1) is 5.92 Å². The zero-order chi connectivity index (χ0) is 19.0. The van der Waals surface area contributed by atoms with Gasteiger partial charge in [-0.2, -0.15) is 0 Å². The van der Waals surface area contributed by atoms with E-state index in [-0.39, 0.29) is 35.1 Å². The minimum absolute atomic E-state index is 0.0372. The number of amides is 2. The van der Waals surface area contributed by atoms with Crippen LogP contribution in [0.4, 0.5) is 0 Å².